The van der Waals surface area contributed by atoms with E-state index in [2.05, 4.69) is 4.98 Å². The third-order valence-electron chi connectivity index (χ3n) is 2.09. The molecule has 0 aliphatic rings. The van der Waals surface area contributed by atoms with Crippen LogP contribution >= 0.6 is 0 Å². The van der Waals surface area contributed by atoms with Crippen LogP contribution in [-0.4, -0.2) is 42.5 Å². The summed E-state index contributed by atoms with van der Waals surface area (Å²) in [5.41, 5.74) is 0. The Bertz CT molecular complexity index is 399. The van der Waals surface area contributed by atoms with Gasteiger partial charge >= 0.3 is 0 Å². The Morgan fingerprint density at radius 3 is 2.69 bits per heavy atom. The Hall–Kier alpha value is -0.980. The van der Waals surface area contributed by atoms with Gasteiger partial charge in [-0.1, -0.05) is 6.92 Å². The van der Waals surface area contributed by atoms with Crippen molar-refractivity contribution in [2.24, 2.45) is 0 Å². The summed E-state index contributed by atoms with van der Waals surface area (Å²) in [5.74, 6) is 0. The van der Waals surface area contributed by atoms with Crippen molar-refractivity contribution in [1.29, 1.82) is 0 Å². The van der Waals surface area contributed by atoms with Gasteiger partial charge in [0.05, 0.1) is 6.61 Å². The lowest BCUT2D eigenvalue weighted by Crippen LogP contribution is -2.34. The average Bonchev–Trinajstić information content (AvgIpc) is 2.30. The number of sulfonamides is 1. The maximum Gasteiger partial charge on any atom is 0.244 e. The van der Waals surface area contributed by atoms with Gasteiger partial charge in [-0.05, 0) is 18.6 Å². The van der Waals surface area contributed by atoms with Gasteiger partial charge in [0.25, 0.3) is 0 Å². The van der Waals surface area contributed by atoms with E-state index in [1.807, 2.05) is 6.92 Å². The number of pyridine rings is 1. The summed E-state index contributed by atoms with van der Waals surface area (Å²) >= 11 is 0. The van der Waals surface area contributed by atoms with Gasteiger partial charge in [0.1, 0.15) is 4.90 Å². The minimum Gasteiger partial charge on any atom is -0.395 e. The fourth-order valence-corrected chi connectivity index (χ4v) is 2.85. The van der Waals surface area contributed by atoms with Gasteiger partial charge in [-0.15, -0.1) is 0 Å². The largest absolute Gasteiger partial charge is 0.395 e. The van der Waals surface area contributed by atoms with E-state index in [-0.39, 0.29) is 18.0 Å². The number of rotatable bonds is 6. The Morgan fingerprint density at radius 1 is 1.44 bits per heavy atom. The van der Waals surface area contributed by atoms with Gasteiger partial charge in [-0.3, -0.25) is 4.98 Å². The molecule has 0 atom stereocenters. The van der Waals surface area contributed by atoms with Crippen LogP contribution in [0.15, 0.2) is 29.4 Å². The number of hydrogen-bond donors (Lipinski definition) is 1. The first kappa shape index (κ1) is 13.1. The molecule has 90 valence electrons. The smallest absolute Gasteiger partial charge is 0.244 e. The maximum atomic E-state index is 12.1. The number of aromatic nitrogens is 1. The molecule has 0 saturated carbocycles. The fourth-order valence-electron chi connectivity index (χ4n) is 1.36. The van der Waals surface area contributed by atoms with Crippen LogP contribution in [0.25, 0.3) is 0 Å². The number of aliphatic hydroxyl groups excluding tert-OH is 1. The molecule has 0 bridgehead atoms. The van der Waals surface area contributed by atoms with Gasteiger partial charge in [0.15, 0.2) is 0 Å². The normalized spacial score (nSPS) is 11.9. The van der Waals surface area contributed by atoms with Crippen LogP contribution in [0, 0.1) is 0 Å². The van der Waals surface area contributed by atoms with Crippen LogP contribution in [0.4, 0.5) is 0 Å². The summed E-state index contributed by atoms with van der Waals surface area (Å²) in [6.45, 7) is 2.23. The van der Waals surface area contributed by atoms with Crippen molar-refractivity contribution in [2.75, 3.05) is 19.7 Å². The summed E-state index contributed by atoms with van der Waals surface area (Å²) in [7, 11) is -3.51. The van der Waals surface area contributed by atoms with Crippen LogP contribution in [0.1, 0.15) is 13.3 Å². The molecule has 0 amide bonds. The van der Waals surface area contributed by atoms with E-state index in [0.29, 0.717) is 13.0 Å². The third-order valence-corrected chi connectivity index (χ3v) is 3.98. The number of hydrogen-bond acceptors (Lipinski definition) is 4. The molecule has 1 aromatic rings. The highest BCUT2D eigenvalue weighted by atomic mass is 32.2. The standard InChI is InChI=1S/C10H16N2O3S/c1-2-6-12(7-8-13)16(14,15)10-4-3-5-11-9-10/h3-5,9,13H,2,6-8H2,1H3. The first-order valence-corrected chi connectivity index (χ1v) is 6.58. The molecule has 1 heterocycles. The van der Waals surface area contributed by atoms with Crippen LogP contribution in [-0.2, 0) is 10.0 Å². The molecule has 16 heavy (non-hydrogen) atoms. The summed E-state index contributed by atoms with van der Waals surface area (Å²) in [6, 6.07) is 3.08. The summed E-state index contributed by atoms with van der Waals surface area (Å²) in [4.78, 5) is 3.95. The van der Waals surface area contributed by atoms with Crippen molar-refractivity contribution in [3.63, 3.8) is 0 Å². The summed E-state index contributed by atoms with van der Waals surface area (Å²) in [5, 5.41) is 8.85. The van der Waals surface area contributed by atoms with Gasteiger partial charge < -0.3 is 5.11 Å². The molecular weight excluding hydrogens is 228 g/mol. The highest BCUT2D eigenvalue weighted by molar-refractivity contribution is 7.89. The molecule has 1 aromatic heterocycles. The second-order valence-electron chi connectivity index (χ2n) is 3.32. The fraction of sp³-hybridized carbons (Fsp3) is 0.500. The second-order valence-corrected chi connectivity index (χ2v) is 5.25. The summed E-state index contributed by atoms with van der Waals surface area (Å²) in [6.07, 6.45) is 3.55. The van der Waals surface area contributed by atoms with Crippen molar-refractivity contribution in [3.8, 4) is 0 Å². The van der Waals surface area contributed by atoms with Crippen LogP contribution in [0.2, 0.25) is 0 Å². The maximum absolute atomic E-state index is 12.1. The molecular formula is C10H16N2O3S. The monoisotopic (exact) mass is 244 g/mol. The minimum absolute atomic E-state index is 0.116. The highest BCUT2D eigenvalue weighted by Crippen LogP contribution is 2.13. The minimum atomic E-state index is -3.51. The first-order valence-electron chi connectivity index (χ1n) is 5.14. The predicted octanol–water partition coefficient (Wildman–Crippen LogP) is 0.475. The Morgan fingerprint density at radius 2 is 2.19 bits per heavy atom. The quantitative estimate of drug-likeness (QED) is 0.790. The zero-order valence-corrected chi connectivity index (χ0v) is 10.0. The number of nitrogens with zero attached hydrogens (tertiary/aromatic N) is 2. The van der Waals surface area contributed by atoms with E-state index in [1.54, 1.807) is 6.07 Å². The van der Waals surface area contributed by atoms with Crippen molar-refractivity contribution in [1.82, 2.24) is 9.29 Å². The summed E-state index contributed by atoms with van der Waals surface area (Å²) < 4.78 is 25.4. The van der Waals surface area contributed by atoms with E-state index >= 15 is 0 Å². The Labute approximate surface area is 95.8 Å². The van der Waals surface area contributed by atoms with E-state index in [1.165, 1.54) is 22.8 Å². The molecule has 0 saturated heterocycles. The van der Waals surface area contributed by atoms with Gasteiger partial charge in [-0.25, -0.2) is 8.42 Å². The average molecular weight is 244 g/mol. The predicted molar refractivity (Wildman–Crippen MR) is 60.4 cm³/mol. The molecule has 0 aliphatic carbocycles. The zero-order valence-electron chi connectivity index (χ0n) is 9.20. The molecule has 0 spiro atoms. The van der Waals surface area contributed by atoms with Gasteiger partial charge in [0.2, 0.25) is 10.0 Å². The lowest BCUT2D eigenvalue weighted by molar-refractivity contribution is 0.253. The zero-order chi connectivity index (χ0) is 12.0. The van der Waals surface area contributed by atoms with E-state index in [9.17, 15) is 8.42 Å². The molecule has 0 unspecified atom stereocenters. The van der Waals surface area contributed by atoms with Gasteiger partial charge in [-0.2, -0.15) is 4.31 Å². The van der Waals surface area contributed by atoms with E-state index in [4.69, 9.17) is 5.11 Å². The van der Waals surface area contributed by atoms with Crippen LogP contribution < -0.4 is 0 Å². The Kier molecular flexibility index (Phi) is 4.85. The van der Waals surface area contributed by atoms with Crippen molar-refractivity contribution in [3.05, 3.63) is 24.5 Å². The van der Waals surface area contributed by atoms with Crippen molar-refractivity contribution >= 4 is 10.0 Å². The van der Waals surface area contributed by atoms with E-state index in [0.717, 1.165) is 0 Å². The SMILES string of the molecule is CCCN(CCO)S(=O)(=O)c1cccnc1. The molecule has 0 aromatic carbocycles. The lowest BCUT2D eigenvalue weighted by atomic mass is 10.5. The number of aliphatic hydroxyl groups is 1. The molecule has 0 radical (unpaired) electrons. The lowest BCUT2D eigenvalue weighted by Gasteiger charge is -2.20. The van der Waals surface area contributed by atoms with E-state index < -0.39 is 10.0 Å². The highest BCUT2D eigenvalue weighted by Gasteiger charge is 2.22. The third kappa shape index (κ3) is 3.01. The van der Waals surface area contributed by atoms with Gasteiger partial charge in [0, 0.05) is 25.5 Å². The molecule has 1 N–H and O–H groups in total. The molecule has 0 fully saturated rings. The molecule has 0 aliphatic heterocycles. The van der Waals surface area contributed by atoms with Crippen molar-refractivity contribution in [2.45, 2.75) is 18.2 Å². The topological polar surface area (TPSA) is 70.5 Å². The van der Waals surface area contributed by atoms with Crippen molar-refractivity contribution < 1.29 is 13.5 Å². The molecule has 5 nitrogen and oxygen atoms in total. The Balaban J connectivity index is 2.98. The second kappa shape index (κ2) is 5.93. The molecule has 6 heteroatoms. The molecule has 1 rings (SSSR count). The first-order chi connectivity index (χ1) is 7.62. The van der Waals surface area contributed by atoms with Crippen LogP contribution in [0.5, 0.6) is 0 Å². The van der Waals surface area contributed by atoms with Crippen LogP contribution in [0.3, 0.4) is 0 Å².